The smallest absolute Gasteiger partial charge is 0.258 e. The third kappa shape index (κ3) is 4.53. The van der Waals surface area contributed by atoms with E-state index in [0.717, 1.165) is 44.8 Å². The molecule has 0 spiro atoms. The topological polar surface area (TPSA) is 62.2 Å². The molecule has 1 unspecified atom stereocenters. The first-order chi connectivity index (χ1) is 14.2. The van der Waals surface area contributed by atoms with Gasteiger partial charge in [-0.3, -0.25) is 4.79 Å². The summed E-state index contributed by atoms with van der Waals surface area (Å²) in [5, 5.41) is 9.62. The van der Waals surface area contributed by atoms with Crippen LogP contribution in [-0.4, -0.2) is 72.4 Å². The van der Waals surface area contributed by atoms with E-state index in [9.17, 15) is 9.90 Å². The van der Waals surface area contributed by atoms with Gasteiger partial charge >= 0.3 is 0 Å². The fourth-order valence-corrected chi connectivity index (χ4v) is 5.16. The van der Waals surface area contributed by atoms with Gasteiger partial charge in [-0.2, -0.15) is 0 Å². The average molecular weight is 403 g/mol. The van der Waals surface area contributed by atoms with Gasteiger partial charge < -0.3 is 24.4 Å². The molecule has 1 aliphatic carbocycles. The van der Waals surface area contributed by atoms with E-state index in [1.54, 1.807) is 18.1 Å². The Hall–Kier alpha value is -1.79. The summed E-state index contributed by atoms with van der Waals surface area (Å²) in [5.41, 5.74) is 0.544. The Bertz CT molecular complexity index is 696. The number of benzene rings is 1. The molecule has 1 saturated carbocycles. The van der Waals surface area contributed by atoms with Crippen LogP contribution in [0, 0.1) is 0 Å². The zero-order valence-electron chi connectivity index (χ0n) is 17.5. The van der Waals surface area contributed by atoms with Gasteiger partial charge in [-0.15, -0.1) is 0 Å². The molecule has 1 atom stereocenters. The number of carbonyl (C=O) groups is 1. The first-order valence-corrected chi connectivity index (χ1v) is 11.2. The second-order valence-electron chi connectivity index (χ2n) is 8.63. The van der Waals surface area contributed by atoms with Crippen molar-refractivity contribution < 1.29 is 19.4 Å². The summed E-state index contributed by atoms with van der Waals surface area (Å²) >= 11 is 0. The molecule has 0 aromatic heterocycles. The van der Waals surface area contributed by atoms with Crippen LogP contribution in [0.5, 0.6) is 11.5 Å². The number of amides is 1. The molecular weight excluding hydrogens is 368 g/mol. The molecule has 1 aromatic carbocycles. The van der Waals surface area contributed by atoms with E-state index in [0.29, 0.717) is 23.6 Å². The number of aliphatic hydroxyl groups is 1. The third-order valence-corrected chi connectivity index (χ3v) is 6.88. The fourth-order valence-electron chi connectivity index (χ4n) is 5.16. The summed E-state index contributed by atoms with van der Waals surface area (Å²) in [6.45, 7) is 2.84. The molecule has 1 N–H and O–H groups in total. The van der Waals surface area contributed by atoms with E-state index in [-0.39, 0.29) is 24.7 Å². The Balaban J connectivity index is 1.45. The van der Waals surface area contributed by atoms with Gasteiger partial charge in [-0.1, -0.05) is 12.8 Å². The minimum Gasteiger partial charge on any atom is -0.497 e. The lowest BCUT2D eigenvalue weighted by atomic mass is 10.0. The highest BCUT2D eigenvalue weighted by molar-refractivity contribution is 5.97. The molecule has 2 saturated heterocycles. The molecule has 1 amide bonds. The van der Waals surface area contributed by atoms with Crippen molar-refractivity contribution in [1.82, 2.24) is 9.80 Å². The van der Waals surface area contributed by atoms with Crippen LogP contribution in [0.15, 0.2) is 18.2 Å². The van der Waals surface area contributed by atoms with Crippen LogP contribution >= 0.6 is 0 Å². The summed E-state index contributed by atoms with van der Waals surface area (Å²) in [5.74, 6) is 1.22. The standard InChI is InChI=1S/C23H34N2O4/c1-28-20-8-9-22(21(15-20)23(27)25-12-4-7-18(25)16-26)29-19-10-13-24(14-11-19)17-5-2-3-6-17/h8-9,15,17-19,26H,2-7,10-14,16H2,1H3. The second kappa shape index (κ2) is 9.35. The third-order valence-electron chi connectivity index (χ3n) is 6.88. The molecule has 2 heterocycles. The number of nitrogens with zero attached hydrogens (tertiary/aromatic N) is 2. The van der Waals surface area contributed by atoms with Gasteiger partial charge in [0.25, 0.3) is 5.91 Å². The molecule has 0 bridgehead atoms. The summed E-state index contributed by atoms with van der Waals surface area (Å²) < 4.78 is 11.7. The summed E-state index contributed by atoms with van der Waals surface area (Å²) in [6.07, 6.45) is 9.32. The van der Waals surface area contributed by atoms with Gasteiger partial charge in [0.05, 0.1) is 25.3 Å². The number of aliphatic hydroxyl groups excluding tert-OH is 1. The van der Waals surface area contributed by atoms with Crippen molar-refractivity contribution in [2.75, 3.05) is 33.4 Å². The second-order valence-corrected chi connectivity index (χ2v) is 8.63. The highest BCUT2D eigenvalue weighted by Gasteiger charge is 2.32. The molecule has 6 heteroatoms. The van der Waals surface area contributed by atoms with Crippen molar-refractivity contribution in [1.29, 1.82) is 0 Å². The zero-order valence-corrected chi connectivity index (χ0v) is 17.5. The van der Waals surface area contributed by atoms with Crippen LogP contribution in [0.2, 0.25) is 0 Å². The molecule has 29 heavy (non-hydrogen) atoms. The number of piperidine rings is 1. The Kier molecular flexibility index (Phi) is 6.60. The monoisotopic (exact) mass is 402 g/mol. The molecule has 0 radical (unpaired) electrons. The number of ether oxygens (including phenoxy) is 2. The lowest BCUT2D eigenvalue weighted by molar-refractivity contribution is 0.0640. The summed E-state index contributed by atoms with van der Waals surface area (Å²) in [4.78, 5) is 17.7. The molecule has 1 aromatic rings. The van der Waals surface area contributed by atoms with E-state index in [4.69, 9.17) is 9.47 Å². The Morgan fingerprint density at radius 1 is 1.07 bits per heavy atom. The van der Waals surface area contributed by atoms with Gasteiger partial charge in [-0.25, -0.2) is 0 Å². The van der Waals surface area contributed by atoms with Crippen LogP contribution in [-0.2, 0) is 0 Å². The number of hydrogen-bond acceptors (Lipinski definition) is 5. The van der Waals surface area contributed by atoms with Gasteiger partial charge in [0.15, 0.2) is 0 Å². The summed E-state index contributed by atoms with van der Waals surface area (Å²) in [6, 6.07) is 6.15. The average Bonchev–Trinajstić information content (AvgIpc) is 3.46. The Morgan fingerprint density at radius 3 is 2.52 bits per heavy atom. The molecular formula is C23H34N2O4. The van der Waals surface area contributed by atoms with Crippen molar-refractivity contribution >= 4 is 5.91 Å². The van der Waals surface area contributed by atoms with Crippen molar-refractivity contribution in [2.45, 2.75) is 69.6 Å². The molecule has 6 nitrogen and oxygen atoms in total. The van der Waals surface area contributed by atoms with Crippen LogP contribution < -0.4 is 9.47 Å². The SMILES string of the molecule is COc1ccc(OC2CCN(C3CCCC3)CC2)c(C(=O)N2CCCC2CO)c1. The highest BCUT2D eigenvalue weighted by atomic mass is 16.5. The first-order valence-electron chi connectivity index (χ1n) is 11.2. The highest BCUT2D eigenvalue weighted by Crippen LogP contribution is 2.32. The Morgan fingerprint density at radius 2 is 1.83 bits per heavy atom. The molecule has 3 aliphatic rings. The van der Waals surface area contributed by atoms with Crippen molar-refractivity contribution in [2.24, 2.45) is 0 Å². The van der Waals surface area contributed by atoms with Crippen molar-refractivity contribution in [3.05, 3.63) is 23.8 Å². The zero-order chi connectivity index (χ0) is 20.2. The van der Waals surface area contributed by atoms with E-state index < -0.39 is 0 Å². The van der Waals surface area contributed by atoms with E-state index in [2.05, 4.69) is 4.90 Å². The van der Waals surface area contributed by atoms with Gasteiger partial charge in [-0.05, 0) is 56.7 Å². The van der Waals surface area contributed by atoms with Crippen molar-refractivity contribution in [3.63, 3.8) is 0 Å². The first kappa shape index (κ1) is 20.5. The van der Waals surface area contributed by atoms with Crippen LogP contribution in [0.1, 0.15) is 61.7 Å². The van der Waals surface area contributed by atoms with E-state index in [1.807, 2.05) is 12.1 Å². The van der Waals surface area contributed by atoms with Gasteiger partial charge in [0, 0.05) is 25.7 Å². The van der Waals surface area contributed by atoms with Crippen LogP contribution in [0.3, 0.4) is 0 Å². The van der Waals surface area contributed by atoms with Gasteiger partial charge in [0.1, 0.15) is 17.6 Å². The van der Waals surface area contributed by atoms with Crippen molar-refractivity contribution in [3.8, 4) is 11.5 Å². The van der Waals surface area contributed by atoms with Crippen LogP contribution in [0.4, 0.5) is 0 Å². The van der Waals surface area contributed by atoms with E-state index in [1.165, 1.54) is 25.7 Å². The quantitative estimate of drug-likeness (QED) is 0.792. The number of methoxy groups -OCH3 is 1. The number of carbonyl (C=O) groups excluding carboxylic acids is 1. The maximum absolute atomic E-state index is 13.2. The molecule has 3 fully saturated rings. The number of likely N-dealkylation sites (tertiary alicyclic amines) is 2. The largest absolute Gasteiger partial charge is 0.497 e. The van der Waals surface area contributed by atoms with Crippen LogP contribution in [0.25, 0.3) is 0 Å². The minimum absolute atomic E-state index is 0.00548. The summed E-state index contributed by atoms with van der Waals surface area (Å²) in [7, 11) is 1.61. The number of hydrogen-bond donors (Lipinski definition) is 1. The predicted molar refractivity (Wildman–Crippen MR) is 112 cm³/mol. The Labute approximate surface area is 173 Å². The molecule has 2 aliphatic heterocycles. The molecule has 160 valence electrons. The van der Waals surface area contributed by atoms with E-state index >= 15 is 0 Å². The number of rotatable bonds is 6. The lowest BCUT2D eigenvalue weighted by Crippen LogP contribution is -2.43. The van der Waals surface area contributed by atoms with Gasteiger partial charge in [0.2, 0.25) is 0 Å². The normalized spacial score (nSPS) is 24.2. The fraction of sp³-hybridized carbons (Fsp3) is 0.696. The lowest BCUT2D eigenvalue weighted by Gasteiger charge is -2.36. The maximum Gasteiger partial charge on any atom is 0.258 e. The molecule has 4 rings (SSSR count). The maximum atomic E-state index is 13.2. The minimum atomic E-state index is -0.101. The predicted octanol–water partition coefficient (Wildman–Crippen LogP) is 3.08.